The van der Waals surface area contributed by atoms with Gasteiger partial charge in [0, 0.05) is 32.7 Å². The summed E-state index contributed by atoms with van der Waals surface area (Å²) in [5.74, 6) is 1.80. The minimum absolute atomic E-state index is 0. The molecule has 0 aromatic heterocycles. The minimum Gasteiger partial charge on any atom is -0.492 e. The maximum atomic E-state index is 5.61. The minimum atomic E-state index is 0. The molecule has 0 heterocycles. The molecule has 4 nitrogen and oxygen atoms in total. The molecule has 1 rings (SSSR count). The molecule has 0 aliphatic heterocycles. The highest BCUT2D eigenvalue weighted by molar-refractivity contribution is 14.0. The second-order valence-corrected chi connectivity index (χ2v) is 5.19. The molecule has 0 amide bonds. The molecule has 108 valence electrons. The van der Waals surface area contributed by atoms with Crippen LogP contribution in [0.1, 0.15) is 0 Å². The molecule has 0 radical (unpaired) electrons. The van der Waals surface area contributed by atoms with E-state index in [1.165, 1.54) is 0 Å². The van der Waals surface area contributed by atoms with E-state index in [0.29, 0.717) is 13.2 Å². The number of halogens is 2. The summed E-state index contributed by atoms with van der Waals surface area (Å²) in [6.45, 7) is 1.22. The number of hydrogen-bond donors (Lipinski definition) is 0. The van der Waals surface area contributed by atoms with Gasteiger partial charge in [-0.1, -0.05) is 15.9 Å². The Kier molecular flexibility index (Phi) is 9.16. The molecule has 0 fully saturated rings. The first-order valence-electron chi connectivity index (χ1n) is 5.78. The predicted molar refractivity (Wildman–Crippen MR) is 94.7 cm³/mol. The van der Waals surface area contributed by atoms with Gasteiger partial charge in [-0.05, 0) is 24.3 Å². The second-order valence-electron chi connectivity index (χ2n) is 4.27. The van der Waals surface area contributed by atoms with Crippen molar-refractivity contribution in [2.75, 3.05) is 41.3 Å². The van der Waals surface area contributed by atoms with Crippen LogP contribution in [0, 0.1) is 0 Å². The van der Waals surface area contributed by atoms with Crippen LogP contribution in [0.3, 0.4) is 0 Å². The molecule has 1 aromatic rings. The van der Waals surface area contributed by atoms with Crippen molar-refractivity contribution < 1.29 is 4.74 Å². The monoisotopic (exact) mass is 441 g/mol. The summed E-state index contributed by atoms with van der Waals surface area (Å²) in [6, 6.07) is 7.80. The highest BCUT2D eigenvalue weighted by Gasteiger charge is 2.03. The quantitative estimate of drug-likeness (QED) is 0.311. The molecule has 0 bridgehead atoms. The lowest BCUT2D eigenvalue weighted by atomic mass is 10.3. The summed E-state index contributed by atoms with van der Waals surface area (Å²) >= 11 is 3.39. The van der Waals surface area contributed by atoms with Gasteiger partial charge in [-0.25, -0.2) is 4.99 Å². The van der Waals surface area contributed by atoms with Gasteiger partial charge in [0.05, 0.1) is 6.54 Å². The zero-order valence-corrected chi connectivity index (χ0v) is 15.7. The molecule has 6 heteroatoms. The van der Waals surface area contributed by atoms with E-state index in [1.54, 1.807) is 0 Å². The average molecular weight is 442 g/mol. The number of ether oxygens (including phenoxy) is 1. The molecule has 0 aliphatic rings. The fourth-order valence-electron chi connectivity index (χ4n) is 1.52. The van der Waals surface area contributed by atoms with E-state index in [-0.39, 0.29) is 24.0 Å². The Morgan fingerprint density at radius 1 is 1.11 bits per heavy atom. The maximum Gasteiger partial charge on any atom is 0.195 e. The SMILES string of the molecule is CN(C)C(=NCCOc1ccc(Br)cc1)N(C)C.I. The zero-order valence-electron chi connectivity index (χ0n) is 11.8. The van der Waals surface area contributed by atoms with E-state index in [1.807, 2.05) is 62.3 Å². The van der Waals surface area contributed by atoms with Crippen LogP contribution in [0.4, 0.5) is 0 Å². The van der Waals surface area contributed by atoms with Gasteiger partial charge in [-0.2, -0.15) is 0 Å². The van der Waals surface area contributed by atoms with E-state index in [4.69, 9.17) is 4.74 Å². The molecule has 19 heavy (non-hydrogen) atoms. The standard InChI is InChI=1S/C13H20BrN3O.HI/c1-16(2)13(17(3)4)15-9-10-18-12-7-5-11(14)6-8-12;/h5-8H,9-10H2,1-4H3;1H. The molecule has 0 unspecified atom stereocenters. The van der Waals surface area contributed by atoms with Crippen LogP contribution in [0.25, 0.3) is 0 Å². The van der Waals surface area contributed by atoms with E-state index < -0.39 is 0 Å². The van der Waals surface area contributed by atoms with Crippen molar-refractivity contribution >= 4 is 45.9 Å². The molecule has 0 saturated carbocycles. The summed E-state index contributed by atoms with van der Waals surface area (Å²) in [6.07, 6.45) is 0. The van der Waals surface area contributed by atoms with Gasteiger partial charge < -0.3 is 14.5 Å². The lowest BCUT2D eigenvalue weighted by Gasteiger charge is -2.22. The molecular formula is C13H21BrIN3O. The van der Waals surface area contributed by atoms with E-state index in [0.717, 1.165) is 16.2 Å². The third kappa shape index (κ3) is 7.00. The van der Waals surface area contributed by atoms with Crippen LogP contribution < -0.4 is 4.74 Å². The van der Waals surface area contributed by atoms with Gasteiger partial charge in [0.2, 0.25) is 0 Å². The molecule has 1 aromatic carbocycles. The van der Waals surface area contributed by atoms with Crippen LogP contribution >= 0.6 is 39.9 Å². The lowest BCUT2D eigenvalue weighted by Crippen LogP contribution is -2.35. The first-order chi connectivity index (χ1) is 8.50. The fraction of sp³-hybridized carbons (Fsp3) is 0.462. The Bertz CT molecular complexity index is 383. The highest BCUT2D eigenvalue weighted by Crippen LogP contribution is 2.15. The maximum absolute atomic E-state index is 5.61. The lowest BCUT2D eigenvalue weighted by molar-refractivity contribution is 0.326. The van der Waals surface area contributed by atoms with Gasteiger partial charge >= 0.3 is 0 Å². The summed E-state index contributed by atoms with van der Waals surface area (Å²) in [5, 5.41) is 0. The van der Waals surface area contributed by atoms with E-state index in [9.17, 15) is 0 Å². The Labute approximate surface area is 141 Å². The van der Waals surface area contributed by atoms with Crippen molar-refractivity contribution in [3.63, 3.8) is 0 Å². The molecule has 0 aliphatic carbocycles. The van der Waals surface area contributed by atoms with E-state index in [2.05, 4.69) is 20.9 Å². The van der Waals surface area contributed by atoms with Gasteiger partial charge in [0.25, 0.3) is 0 Å². The van der Waals surface area contributed by atoms with Crippen molar-refractivity contribution in [2.24, 2.45) is 4.99 Å². The van der Waals surface area contributed by atoms with Crippen molar-refractivity contribution in [3.05, 3.63) is 28.7 Å². The first-order valence-corrected chi connectivity index (χ1v) is 6.57. The Morgan fingerprint density at radius 3 is 2.11 bits per heavy atom. The zero-order chi connectivity index (χ0) is 13.5. The van der Waals surface area contributed by atoms with Gasteiger partial charge in [-0.3, -0.25) is 0 Å². The fourth-order valence-corrected chi connectivity index (χ4v) is 1.79. The summed E-state index contributed by atoms with van der Waals surface area (Å²) in [4.78, 5) is 8.46. The van der Waals surface area contributed by atoms with Crippen molar-refractivity contribution in [3.8, 4) is 5.75 Å². The number of nitrogens with zero attached hydrogens (tertiary/aromatic N) is 3. The predicted octanol–water partition coefficient (Wildman–Crippen LogP) is 2.93. The molecule has 0 saturated heterocycles. The number of benzene rings is 1. The smallest absolute Gasteiger partial charge is 0.195 e. The molecule has 0 atom stereocenters. The summed E-state index contributed by atoms with van der Waals surface area (Å²) < 4.78 is 6.66. The summed E-state index contributed by atoms with van der Waals surface area (Å²) in [5.41, 5.74) is 0. The van der Waals surface area contributed by atoms with Crippen molar-refractivity contribution in [2.45, 2.75) is 0 Å². The second kappa shape index (κ2) is 9.41. The van der Waals surface area contributed by atoms with Crippen LogP contribution in [0.5, 0.6) is 5.75 Å². The van der Waals surface area contributed by atoms with Crippen LogP contribution in [0.2, 0.25) is 0 Å². The number of aliphatic imine (C=N–C) groups is 1. The molecular weight excluding hydrogens is 421 g/mol. The van der Waals surface area contributed by atoms with Gasteiger partial charge in [-0.15, -0.1) is 24.0 Å². The van der Waals surface area contributed by atoms with E-state index >= 15 is 0 Å². The van der Waals surface area contributed by atoms with Crippen LogP contribution in [0.15, 0.2) is 33.7 Å². The Balaban J connectivity index is 0.00000324. The Morgan fingerprint density at radius 2 is 1.63 bits per heavy atom. The number of guanidine groups is 1. The topological polar surface area (TPSA) is 28.1 Å². The molecule has 0 N–H and O–H groups in total. The third-order valence-electron chi connectivity index (χ3n) is 2.23. The first kappa shape index (κ1) is 18.5. The number of rotatable bonds is 4. The van der Waals surface area contributed by atoms with Crippen LogP contribution in [-0.4, -0.2) is 57.1 Å². The summed E-state index contributed by atoms with van der Waals surface area (Å²) in [7, 11) is 7.92. The molecule has 0 spiro atoms. The van der Waals surface area contributed by atoms with Crippen molar-refractivity contribution in [1.82, 2.24) is 9.80 Å². The van der Waals surface area contributed by atoms with Gasteiger partial charge in [0.15, 0.2) is 5.96 Å². The third-order valence-corrected chi connectivity index (χ3v) is 2.76. The number of hydrogen-bond acceptors (Lipinski definition) is 2. The highest BCUT2D eigenvalue weighted by atomic mass is 127. The largest absolute Gasteiger partial charge is 0.492 e. The van der Waals surface area contributed by atoms with Crippen molar-refractivity contribution in [1.29, 1.82) is 0 Å². The van der Waals surface area contributed by atoms with Gasteiger partial charge in [0.1, 0.15) is 12.4 Å². The van der Waals surface area contributed by atoms with Crippen LogP contribution in [-0.2, 0) is 0 Å². The normalized spacial score (nSPS) is 9.32. The Hall–Kier alpha value is -0.500. The average Bonchev–Trinajstić information content (AvgIpc) is 2.30.